The lowest BCUT2D eigenvalue weighted by atomic mass is 10.1. The van der Waals surface area contributed by atoms with E-state index in [9.17, 15) is 24.0 Å². The van der Waals surface area contributed by atoms with Gasteiger partial charge in [-0.2, -0.15) is 0 Å². The highest BCUT2D eigenvalue weighted by Crippen LogP contribution is 2.08. The second-order valence-electron chi connectivity index (χ2n) is 9.84. The SMILES string of the molecule is CC(C)(C)OC(=O)N[C@@H](CC(=O)NCCC(=O)OCc1ccccc1)C(=O)NCCC(=O)OCc1ccccc1. The molecule has 0 fully saturated rings. The van der Waals surface area contributed by atoms with Crippen LogP contribution >= 0.6 is 0 Å². The molecule has 216 valence electrons. The first-order chi connectivity index (χ1) is 19.0. The number of hydrogen-bond acceptors (Lipinski definition) is 8. The molecule has 0 bridgehead atoms. The van der Waals surface area contributed by atoms with Gasteiger partial charge in [0.1, 0.15) is 24.9 Å². The zero-order valence-electron chi connectivity index (χ0n) is 23.1. The van der Waals surface area contributed by atoms with Crippen LogP contribution in [-0.2, 0) is 46.6 Å². The number of amides is 3. The van der Waals surface area contributed by atoms with Crippen molar-refractivity contribution in [2.75, 3.05) is 13.1 Å². The Kier molecular flexibility index (Phi) is 13.1. The molecule has 3 N–H and O–H groups in total. The van der Waals surface area contributed by atoms with Gasteiger partial charge in [0.25, 0.3) is 0 Å². The Morgan fingerprint density at radius 1 is 0.725 bits per heavy atom. The fourth-order valence-electron chi connectivity index (χ4n) is 3.25. The number of alkyl carbamates (subject to hydrolysis) is 1. The molecule has 2 aromatic carbocycles. The predicted octanol–water partition coefficient (Wildman–Crippen LogP) is 2.77. The Hall–Kier alpha value is -4.41. The van der Waals surface area contributed by atoms with Crippen molar-refractivity contribution < 1.29 is 38.2 Å². The summed E-state index contributed by atoms with van der Waals surface area (Å²) in [6.45, 7) is 5.13. The fourth-order valence-corrected chi connectivity index (χ4v) is 3.25. The van der Waals surface area contributed by atoms with Crippen LogP contribution in [0.15, 0.2) is 60.7 Å². The van der Waals surface area contributed by atoms with Crippen LogP contribution in [0.4, 0.5) is 4.79 Å². The third kappa shape index (κ3) is 13.9. The van der Waals surface area contributed by atoms with Crippen LogP contribution in [0, 0.1) is 0 Å². The Bertz CT molecular complexity index is 1120. The van der Waals surface area contributed by atoms with Gasteiger partial charge in [0.15, 0.2) is 0 Å². The second-order valence-corrected chi connectivity index (χ2v) is 9.84. The van der Waals surface area contributed by atoms with E-state index in [1.54, 1.807) is 20.8 Å². The summed E-state index contributed by atoms with van der Waals surface area (Å²) >= 11 is 0. The van der Waals surface area contributed by atoms with E-state index in [0.29, 0.717) is 0 Å². The Morgan fingerprint density at radius 2 is 1.20 bits per heavy atom. The number of carbonyl (C=O) groups is 5. The number of nitrogens with one attached hydrogen (secondary N) is 3. The molecule has 2 rings (SSSR count). The molecule has 2 aromatic rings. The van der Waals surface area contributed by atoms with Crippen molar-refractivity contribution in [1.82, 2.24) is 16.0 Å². The number of rotatable bonds is 14. The van der Waals surface area contributed by atoms with Gasteiger partial charge in [-0.05, 0) is 31.9 Å². The van der Waals surface area contributed by atoms with Crippen LogP contribution in [0.2, 0.25) is 0 Å². The minimum Gasteiger partial charge on any atom is -0.461 e. The maximum atomic E-state index is 12.8. The minimum absolute atomic E-state index is 0.0134. The van der Waals surface area contributed by atoms with Gasteiger partial charge >= 0.3 is 18.0 Å². The van der Waals surface area contributed by atoms with Gasteiger partial charge in [-0.15, -0.1) is 0 Å². The third-order valence-corrected chi connectivity index (χ3v) is 5.16. The average Bonchev–Trinajstić information content (AvgIpc) is 2.90. The summed E-state index contributed by atoms with van der Waals surface area (Å²) in [5.74, 6) is -2.27. The summed E-state index contributed by atoms with van der Waals surface area (Å²) < 4.78 is 15.5. The number of ether oxygens (including phenoxy) is 3. The molecule has 11 nitrogen and oxygen atoms in total. The molecule has 0 heterocycles. The van der Waals surface area contributed by atoms with Crippen molar-refractivity contribution in [3.8, 4) is 0 Å². The molecule has 11 heteroatoms. The summed E-state index contributed by atoms with van der Waals surface area (Å²) in [7, 11) is 0. The normalized spacial score (nSPS) is 11.5. The molecular weight excluding hydrogens is 518 g/mol. The number of carbonyl (C=O) groups excluding carboxylic acids is 5. The van der Waals surface area contributed by atoms with Gasteiger partial charge < -0.3 is 30.2 Å². The van der Waals surface area contributed by atoms with Crippen molar-refractivity contribution >= 4 is 29.8 Å². The van der Waals surface area contributed by atoms with Crippen LogP contribution < -0.4 is 16.0 Å². The zero-order valence-corrected chi connectivity index (χ0v) is 23.1. The molecule has 0 aromatic heterocycles. The Labute approximate surface area is 233 Å². The number of benzene rings is 2. The fraction of sp³-hybridized carbons (Fsp3) is 0.414. The van der Waals surface area contributed by atoms with Gasteiger partial charge in [0.05, 0.1) is 19.3 Å². The van der Waals surface area contributed by atoms with Crippen LogP contribution in [-0.4, -0.2) is 54.6 Å². The lowest BCUT2D eigenvalue weighted by molar-refractivity contribution is -0.146. The van der Waals surface area contributed by atoms with Crippen molar-refractivity contribution in [3.63, 3.8) is 0 Å². The molecule has 0 aliphatic carbocycles. The lowest BCUT2D eigenvalue weighted by Gasteiger charge is -2.23. The Balaban J connectivity index is 1.79. The first-order valence-corrected chi connectivity index (χ1v) is 12.9. The van der Waals surface area contributed by atoms with Crippen molar-refractivity contribution in [1.29, 1.82) is 0 Å². The lowest BCUT2D eigenvalue weighted by Crippen LogP contribution is -2.50. The second kappa shape index (κ2) is 16.5. The summed E-state index contributed by atoms with van der Waals surface area (Å²) in [4.78, 5) is 61.5. The molecule has 0 spiro atoms. The molecule has 1 atom stereocenters. The van der Waals surface area contributed by atoms with Crippen molar-refractivity contribution in [2.45, 2.75) is 64.9 Å². The molecule has 0 aliphatic rings. The van der Waals surface area contributed by atoms with E-state index >= 15 is 0 Å². The van der Waals surface area contributed by atoms with E-state index in [0.717, 1.165) is 11.1 Å². The number of esters is 2. The van der Waals surface area contributed by atoms with Gasteiger partial charge in [-0.3, -0.25) is 19.2 Å². The zero-order chi connectivity index (χ0) is 29.4. The van der Waals surface area contributed by atoms with E-state index in [1.807, 2.05) is 60.7 Å². The molecule has 0 aliphatic heterocycles. The highest BCUT2D eigenvalue weighted by molar-refractivity contribution is 5.91. The summed E-state index contributed by atoms with van der Waals surface area (Å²) in [5.41, 5.74) is 0.846. The largest absolute Gasteiger partial charge is 0.461 e. The van der Waals surface area contributed by atoms with Crippen LogP contribution in [0.25, 0.3) is 0 Å². The molecule has 3 amide bonds. The quantitative estimate of drug-likeness (QED) is 0.238. The predicted molar refractivity (Wildman–Crippen MR) is 146 cm³/mol. The first kappa shape index (κ1) is 31.8. The molecule has 40 heavy (non-hydrogen) atoms. The summed E-state index contributed by atoms with van der Waals surface area (Å²) in [6.07, 6.45) is -1.47. The van der Waals surface area contributed by atoms with E-state index < -0.39 is 47.9 Å². The summed E-state index contributed by atoms with van der Waals surface area (Å²) in [6, 6.07) is 17.0. The van der Waals surface area contributed by atoms with Gasteiger partial charge in [-0.1, -0.05) is 60.7 Å². The smallest absolute Gasteiger partial charge is 0.408 e. The van der Waals surface area contributed by atoms with Gasteiger partial charge in [0, 0.05) is 13.1 Å². The molecule has 0 radical (unpaired) electrons. The summed E-state index contributed by atoms with van der Waals surface area (Å²) in [5, 5.41) is 7.45. The van der Waals surface area contributed by atoms with Crippen LogP contribution in [0.1, 0.15) is 51.2 Å². The molecule has 0 saturated carbocycles. The maximum absolute atomic E-state index is 12.8. The third-order valence-electron chi connectivity index (χ3n) is 5.16. The standard InChI is InChI=1S/C29H37N3O8/c1-29(2,3)40-28(37)32-23(27(36)31-17-15-26(35)39-20-22-12-8-5-9-13-22)18-24(33)30-16-14-25(34)38-19-21-10-6-4-7-11-21/h4-13,23H,14-20H2,1-3H3,(H,30,33)(H,31,36)(H,32,37)/t23-/m0/s1. The molecule has 0 saturated heterocycles. The van der Waals surface area contributed by atoms with E-state index in [-0.39, 0.29) is 39.1 Å². The Morgan fingerprint density at radius 3 is 1.68 bits per heavy atom. The highest BCUT2D eigenvalue weighted by atomic mass is 16.6. The van der Waals surface area contributed by atoms with Gasteiger partial charge in [-0.25, -0.2) is 4.79 Å². The molecule has 0 unspecified atom stereocenters. The van der Waals surface area contributed by atoms with Crippen molar-refractivity contribution in [2.24, 2.45) is 0 Å². The van der Waals surface area contributed by atoms with Crippen LogP contribution in [0.5, 0.6) is 0 Å². The van der Waals surface area contributed by atoms with E-state index in [2.05, 4.69) is 16.0 Å². The van der Waals surface area contributed by atoms with E-state index in [4.69, 9.17) is 14.2 Å². The van der Waals surface area contributed by atoms with Crippen molar-refractivity contribution in [3.05, 3.63) is 71.8 Å². The van der Waals surface area contributed by atoms with Crippen LogP contribution in [0.3, 0.4) is 0 Å². The molecular formula is C29H37N3O8. The monoisotopic (exact) mass is 555 g/mol. The first-order valence-electron chi connectivity index (χ1n) is 12.9. The number of hydrogen-bond donors (Lipinski definition) is 3. The maximum Gasteiger partial charge on any atom is 0.408 e. The minimum atomic E-state index is -1.28. The highest BCUT2D eigenvalue weighted by Gasteiger charge is 2.26. The van der Waals surface area contributed by atoms with Gasteiger partial charge in [0.2, 0.25) is 11.8 Å². The average molecular weight is 556 g/mol. The topological polar surface area (TPSA) is 149 Å². The van der Waals surface area contributed by atoms with E-state index in [1.165, 1.54) is 0 Å².